The molecule has 0 unspecified atom stereocenters. The highest BCUT2D eigenvalue weighted by atomic mass is 15.1. The zero-order chi connectivity index (χ0) is 12.4. The lowest BCUT2D eigenvalue weighted by Crippen LogP contribution is -2.32. The van der Waals surface area contributed by atoms with Crippen LogP contribution in [-0.2, 0) is 0 Å². The zero-order valence-electron chi connectivity index (χ0n) is 10.9. The van der Waals surface area contributed by atoms with Gasteiger partial charge in [0.15, 0.2) is 0 Å². The zero-order valence-corrected chi connectivity index (χ0v) is 10.9. The molecule has 0 saturated carbocycles. The predicted molar refractivity (Wildman–Crippen MR) is 76.4 cm³/mol. The number of rotatable bonds is 2. The van der Waals surface area contributed by atoms with Crippen LogP contribution in [0.1, 0.15) is 19.8 Å². The summed E-state index contributed by atoms with van der Waals surface area (Å²) in [6.45, 7) is 4.75. The molecule has 0 bridgehead atoms. The molecule has 0 spiro atoms. The molecule has 1 fully saturated rings. The molecular weight excluding hydrogens is 220 g/mol. The van der Waals surface area contributed by atoms with Crippen LogP contribution in [0.5, 0.6) is 0 Å². The fourth-order valence-corrected chi connectivity index (χ4v) is 2.61. The Hall–Kier alpha value is -1.70. The van der Waals surface area contributed by atoms with Crippen LogP contribution in [0.3, 0.4) is 0 Å². The quantitative estimate of drug-likeness (QED) is 0.777. The van der Waals surface area contributed by atoms with Crippen LogP contribution < -0.4 is 4.90 Å². The van der Waals surface area contributed by atoms with Gasteiger partial charge in [0.25, 0.3) is 0 Å². The van der Waals surface area contributed by atoms with Crippen molar-refractivity contribution < 1.29 is 0 Å². The molecule has 0 radical (unpaired) electrons. The molecular formula is C16H20N2. The predicted octanol–water partition coefficient (Wildman–Crippen LogP) is 3.71. The average Bonchev–Trinajstić information content (AvgIpc) is 2.94. The van der Waals surface area contributed by atoms with E-state index in [0.717, 1.165) is 5.92 Å². The minimum Gasteiger partial charge on any atom is -0.372 e. The van der Waals surface area contributed by atoms with E-state index in [2.05, 4.69) is 65.2 Å². The van der Waals surface area contributed by atoms with Gasteiger partial charge in [-0.15, -0.1) is 0 Å². The van der Waals surface area contributed by atoms with Gasteiger partial charge in [0, 0.05) is 36.9 Å². The Kier molecular flexibility index (Phi) is 3.09. The number of benzene rings is 1. The lowest BCUT2D eigenvalue weighted by Gasteiger charge is -2.32. The third kappa shape index (κ3) is 2.28. The summed E-state index contributed by atoms with van der Waals surface area (Å²) in [5.41, 5.74) is 2.59. The van der Waals surface area contributed by atoms with E-state index in [1.54, 1.807) is 0 Å². The smallest absolute Gasteiger partial charge is 0.0450 e. The maximum Gasteiger partial charge on any atom is 0.0450 e. The molecule has 1 aliphatic rings. The van der Waals surface area contributed by atoms with E-state index in [-0.39, 0.29) is 0 Å². The summed E-state index contributed by atoms with van der Waals surface area (Å²) in [5, 5.41) is 0. The van der Waals surface area contributed by atoms with E-state index in [1.165, 1.54) is 37.3 Å². The number of hydrogen-bond acceptors (Lipinski definition) is 1. The van der Waals surface area contributed by atoms with Crippen LogP contribution >= 0.6 is 0 Å². The van der Waals surface area contributed by atoms with E-state index < -0.39 is 0 Å². The maximum absolute atomic E-state index is 2.50. The Morgan fingerprint density at radius 1 is 0.889 bits per heavy atom. The second kappa shape index (κ2) is 4.89. The number of hydrogen-bond donors (Lipinski definition) is 0. The summed E-state index contributed by atoms with van der Waals surface area (Å²) in [4.78, 5) is 2.50. The summed E-state index contributed by atoms with van der Waals surface area (Å²) in [6, 6.07) is 13.0. The molecule has 1 saturated heterocycles. The van der Waals surface area contributed by atoms with Gasteiger partial charge < -0.3 is 9.47 Å². The SMILES string of the molecule is CC1CCN(c2ccc(-n3cccc3)cc2)CC1. The molecule has 2 heteroatoms. The van der Waals surface area contributed by atoms with E-state index in [9.17, 15) is 0 Å². The highest BCUT2D eigenvalue weighted by molar-refractivity contribution is 5.51. The standard InChI is InChI=1S/C16H20N2/c1-14-8-12-18(13-9-14)16-6-4-15(5-7-16)17-10-2-3-11-17/h2-7,10-11,14H,8-9,12-13H2,1H3. The number of anilines is 1. The van der Waals surface area contributed by atoms with Crippen molar-refractivity contribution >= 4 is 5.69 Å². The first-order chi connectivity index (χ1) is 8.83. The van der Waals surface area contributed by atoms with Gasteiger partial charge in [0.2, 0.25) is 0 Å². The molecule has 0 aliphatic carbocycles. The van der Waals surface area contributed by atoms with Gasteiger partial charge in [0.05, 0.1) is 0 Å². The molecule has 1 aromatic carbocycles. The van der Waals surface area contributed by atoms with Gasteiger partial charge in [-0.2, -0.15) is 0 Å². The molecule has 1 aromatic heterocycles. The highest BCUT2D eigenvalue weighted by Gasteiger charge is 2.15. The van der Waals surface area contributed by atoms with Crippen LogP contribution in [0.25, 0.3) is 5.69 Å². The Morgan fingerprint density at radius 3 is 2.06 bits per heavy atom. The van der Waals surface area contributed by atoms with Crippen molar-refractivity contribution in [1.82, 2.24) is 4.57 Å². The Morgan fingerprint density at radius 2 is 1.44 bits per heavy atom. The van der Waals surface area contributed by atoms with E-state index >= 15 is 0 Å². The van der Waals surface area contributed by atoms with Gasteiger partial charge in [0.1, 0.15) is 0 Å². The van der Waals surface area contributed by atoms with Crippen molar-refractivity contribution in [3.63, 3.8) is 0 Å². The molecule has 1 aliphatic heterocycles. The average molecular weight is 240 g/mol. The second-order valence-corrected chi connectivity index (χ2v) is 5.28. The summed E-state index contributed by atoms with van der Waals surface area (Å²) >= 11 is 0. The largest absolute Gasteiger partial charge is 0.372 e. The van der Waals surface area contributed by atoms with Crippen LogP contribution in [0, 0.1) is 5.92 Å². The maximum atomic E-state index is 2.50. The van der Waals surface area contributed by atoms with Crippen LogP contribution in [0.15, 0.2) is 48.8 Å². The topological polar surface area (TPSA) is 8.17 Å². The van der Waals surface area contributed by atoms with Gasteiger partial charge in [-0.3, -0.25) is 0 Å². The minimum atomic E-state index is 0.889. The monoisotopic (exact) mass is 240 g/mol. The van der Waals surface area contributed by atoms with E-state index in [1.807, 2.05) is 0 Å². The van der Waals surface area contributed by atoms with Crippen LogP contribution in [-0.4, -0.2) is 17.7 Å². The molecule has 18 heavy (non-hydrogen) atoms. The van der Waals surface area contributed by atoms with Crippen LogP contribution in [0.4, 0.5) is 5.69 Å². The number of piperidine rings is 1. The Balaban J connectivity index is 1.75. The summed E-state index contributed by atoms with van der Waals surface area (Å²) < 4.78 is 2.14. The van der Waals surface area contributed by atoms with Gasteiger partial charge in [-0.05, 0) is 55.2 Å². The highest BCUT2D eigenvalue weighted by Crippen LogP contribution is 2.23. The molecule has 0 atom stereocenters. The summed E-state index contributed by atoms with van der Waals surface area (Å²) in [7, 11) is 0. The fourth-order valence-electron chi connectivity index (χ4n) is 2.61. The molecule has 2 heterocycles. The molecule has 2 nitrogen and oxygen atoms in total. The van der Waals surface area contributed by atoms with Crippen molar-refractivity contribution in [3.05, 3.63) is 48.8 Å². The third-order valence-corrected chi connectivity index (χ3v) is 3.90. The van der Waals surface area contributed by atoms with E-state index in [0.29, 0.717) is 0 Å². The normalized spacial score (nSPS) is 17.1. The van der Waals surface area contributed by atoms with Crippen molar-refractivity contribution in [2.24, 2.45) is 5.92 Å². The van der Waals surface area contributed by atoms with Gasteiger partial charge >= 0.3 is 0 Å². The van der Waals surface area contributed by atoms with Crippen molar-refractivity contribution in [1.29, 1.82) is 0 Å². The second-order valence-electron chi connectivity index (χ2n) is 5.28. The first-order valence-corrected chi connectivity index (χ1v) is 6.81. The number of nitrogens with zero attached hydrogens (tertiary/aromatic N) is 2. The fraction of sp³-hybridized carbons (Fsp3) is 0.375. The Labute approximate surface area is 109 Å². The molecule has 3 rings (SSSR count). The minimum absolute atomic E-state index is 0.889. The molecule has 0 N–H and O–H groups in total. The number of aromatic nitrogens is 1. The third-order valence-electron chi connectivity index (χ3n) is 3.90. The van der Waals surface area contributed by atoms with Crippen LogP contribution in [0.2, 0.25) is 0 Å². The van der Waals surface area contributed by atoms with Crippen molar-refractivity contribution in [3.8, 4) is 5.69 Å². The van der Waals surface area contributed by atoms with Crippen molar-refractivity contribution in [2.45, 2.75) is 19.8 Å². The summed E-state index contributed by atoms with van der Waals surface area (Å²) in [6.07, 6.45) is 6.80. The first-order valence-electron chi connectivity index (χ1n) is 6.81. The van der Waals surface area contributed by atoms with Gasteiger partial charge in [-0.25, -0.2) is 0 Å². The molecule has 2 aromatic rings. The van der Waals surface area contributed by atoms with Crippen molar-refractivity contribution in [2.75, 3.05) is 18.0 Å². The Bertz CT molecular complexity index is 476. The molecule has 94 valence electrons. The van der Waals surface area contributed by atoms with E-state index in [4.69, 9.17) is 0 Å². The first kappa shape index (κ1) is 11.4. The molecule has 0 amide bonds. The summed E-state index contributed by atoms with van der Waals surface area (Å²) in [5.74, 6) is 0.889. The lowest BCUT2D eigenvalue weighted by atomic mass is 9.99. The lowest BCUT2D eigenvalue weighted by molar-refractivity contribution is 0.438. The van der Waals surface area contributed by atoms with Gasteiger partial charge in [-0.1, -0.05) is 6.92 Å².